The molecule has 2 nitrogen and oxygen atoms in total. The van der Waals surface area contributed by atoms with E-state index in [2.05, 4.69) is 30.2 Å². The first-order chi connectivity index (χ1) is 8.20. The average molecular weight is 318 g/mol. The minimum Gasteiger partial charge on any atom is -0.399 e. The van der Waals surface area contributed by atoms with Crippen LogP contribution in [0.5, 0.6) is 0 Å². The summed E-state index contributed by atoms with van der Waals surface area (Å²) in [5.74, 6) is 0. The third-order valence-electron chi connectivity index (χ3n) is 1.64. The molecule has 0 aliphatic carbocycles. The maximum atomic E-state index is 5.43. The van der Waals surface area contributed by atoms with E-state index in [-0.39, 0.29) is 0 Å². The van der Waals surface area contributed by atoms with Crippen molar-refractivity contribution in [3.05, 3.63) is 60.4 Å². The summed E-state index contributed by atoms with van der Waals surface area (Å²) in [7, 11) is 0. The zero-order valence-corrected chi connectivity index (χ0v) is 11.9. The van der Waals surface area contributed by atoms with Crippen LogP contribution in [-0.2, 0) is 18.3 Å². The summed E-state index contributed by atoms with van der Waals surface area (Å²) in [5.41, 5.74) is 7.51. The first-order valence-corrected chi connectivity index (χ1v) is 6.56. The minimum absolute atomic E-state index is 0.829. The largest absolute Gasteiger partial charge is 0.399 e. The van der Waals surface area contributed by atoms with Gasteiger partial charge in [-0.15, -0.1) is 0 Å². The van der Waals surface area contributed by atoms with Crippen molar-refractivity contribution in [1.82, 2.24) is 4.98 Å². The first-order valence-electron chi connectivity index (χ1n) is 5.40. The molecule has 0 saturated heterocycles. The number of nitrogen functional groups attached to an aromatic ring is 1. The molecule has 0 unspecified atom stereocenters. The summed E-state index contributed by atoms with van der Waals surface area (Å²) in [6, 6.07) is 13.5. The number of rotatable bonds is 0. The van der Waals surface area contributed by atoms with Gasteiger partial charge in [-0.1, -0.05) is 23.8 Å². The molecule has 0 spiro atoms. The maximum absolute atomic E-state index is 5.43. The molecule has 0 aliphatic rings. The van der Waals surface area contributed by atoms with Crippen molar-refractivity contribution in [2.75, 3.05) is 5.73 Å². The molecule has 0 amide bonds. The predicted octanol–water partition coefficient (Wildman–Crippen LogP) is 3.63. The van der Waals surface area contributed by atoms with E-state index in [1.54, 1.807) is 12.4 Å². The monoisotopic (exact) mass is 318 g/mol. The van der Waals surface area contributed by atoms with Gasteiger partial charge < -0.3 is 5.73 Å². The number of nitrogens with zero attached hydrogens (tertiary/aromatic N) is 1. The Labute approximate surface area is 114 Å². The van der Waals surface area contributed by atoms with Gasteiger partial charge in [-0.25, -0.2) is 0 Å². The second-order valence-electron chi connectivity index (χ2n) is 3.17. The maximum Gasteiger partial charge on any atom is 0.0314 e. The normalized spacial score (nSPS) is 8.24. The molecule has 17 heavy (non-hydrogen) atoms. The van der Waals surface area contributed by atoms with Gasteiger partial charge in [0.2, 0.25) is 0 Å². The Balaban J connectivity index is 0.000000252. The van der Waals surface area contributed by atoms with E-state index >= 15 is 0 Å². The van der Waals surface area contributed by atoms with E-state index < -0.39 is 0 Å². The van der Waals surface area contributed by atoms with Crippen molar-refractivity contribution >= 4 is 5.69 Å². The molecule has 3 heteroatoms. The Morgan fingerprint density at radius 3 is 1.76 bits per heavy atom. The van der Waals surface area contributed by atoms with Crippen LogP contribution in [0.25, 0.3) is 0 Å². The van der Waals surface area contributed by atoms with Crippen LogP contribution in [-0.4, -0.2) is 4.98 Å². The number of nitrogens with two attached hydrogens (primary N) is 1. The molecular weight excluding hydrogens is 299 g/mol. The molecule has 0 radical (unpaired) electrons. The Bertz CT molecular complexity index is 312. The average Bonchev–Trinajstić information content (AvgIpc) is 2.37. The van der Waals surface area contributed by atoms with E-state index in [1.165, 1.54) is 5.56 Å². The molecule has 0 aliphatic heterocycles. The van der Waals surface area contributed by atoms with Gasteiger partial charge in [-0.05, 0) is 31.2 Å². The Hall–Kier alpha value is -1.21. The van der Waals surface area contributed by atoms with E-state index in [0.29, 0.717) is 0 Å². The fourth-order valence-corrected chi connectivity index (χ4v) is 0.879. The molecule has 2 N–H and O–H groups in total. The van der Waals surface area contributed by atoms with Gasteiger partial charge in [0.15, 0.2) is 0 Å². The topological polar surface area (TPSA) is 38.9 Å². The number of aryl methyl sites for hydroxylation is 1. The van der Waals surface area contributed by atoms with Gasteiger partial charge >= 0.3 is 30.2 Å². The summed E-state index contributed by atoms with van der Waals surface area (Å²) in [6.45, 7) is 4.12. The van der Waals surface area contributed by atoms with Crippen molar-refractivity contribution in [3.8, 4) is 0 Å². The van der Waals surface area contributed by atoms with Crippen molar-refractivity contribution < 1.29 is 18.3 Å². The third kappa shape index (κ3) is 11.1. The van der Waals surface area contributed by atoms with Crippen LogP contribution >= 0.6 is 0 Å². The number of anilines is 1. The summed E-state index contributed by atoms with van der Waals surface area (Å²) < 4.78 is 0. The fourth-order valence-electron chi connectivity index (χ4n) is 0.879. The van der Waals surface area contributed by atoms with Gasteiger partial charge in [0.25, 0.3) is 0 Å². The molecule has 0 fully saturated rings. The second kappa shape index (κ2) is 11.3. The molecule has 1 heterocycles. The van der Waals surface area contributed by atoms with Crippen LogP contribution in [0.4, 0.5) is 5.69 Å². The number of benzene rings is 1. The minimum atomic E-state index is 0.829. The molecule has 2 rings (SSSR count). The van der Waals surface area contributed by atoms with Crippen LogP contribution in [0.1, 0.15) is 12.5 Å². The molecule has 0 bridgehead atoms. The molecule has 1 aromatic carbocycles. The summed E-state index contributed by atoms with van der Waals surface area (Å²) in [4.78, 5) is 3.78. The van der Waals surface area contributed by atoms with Crippen LogP contribution in [0, 0.1) is 6.92 Å². The van der Waals surface area contributed by atoms with Gasteiger partial charge in [0, 0.05) is 18.1 Å². The van der Waals surface area contributed by atoms with Crippen molar-refractivity contribution in [2.24, 2.45) is 0 Å². The van der Waals surface area contributed by atoms with Crippen LogP contribution in [0.2, 0.25) is 5.02 Å². The van der Waals surface area contributed by atoms with E-state index in [4.69, 9.17) is 5.73 Å². The predicted molar refractivity (Wildman–Crippen MR) is 70.3 cm³/mol. The third-order valence-corrected chi connectivity index (χ3v) is 1.64. The Morgan fingerprint density at radius 2 is 1.53 bits per heavy atom. The molecule has 1 aromatic heterocycles. The number of hydrogen-bond acceptors (Lipinski definition) is 2. The Kier molecular flexibility index (Phi) is 10.5. The number of aromatic nitrogens is 1. The van der Waals surface area contributed by atoms with E-state index in [9.17, 15) is 0 Å². The van der Waals surface area contributed by atoms with Crippen LogP contribution in [0.15, 0.2) is 54.9 Å². The van der Waals surface area contributed by atoms with Gasteiger partial charge in [0.1, 0.15) is 0 Å². The fraction of sp³-hybridized carbons (Fsp3) is 0.214. The molecule has 94 valence electrons. The van der Waals surface area contributed by atoms with Gasteiger partial charge in [0.05, 0.1) is 0 Å². The summed E-state index contributed by atoms with van der Waals surface area (Å²) in [5, 5.41) is 1.14. The van der Waals surface area contributed by atoms with Gasteiger partial charge in [-0.3, -0.25) is 4.98 Å². The standard InChI is InChI=1S/C7H9N.C5H5N.C2H5.Rh/c1-6-2-4-7(8)5-3-6;1-2-4-6-5-3-1;1-2;/h2-5H,8H2,1H3;1-5H;1H2,2H3;. The zero-order chi connectivity index (χ0) is 12.9. The van der Waals surface area contributed by atoms with Crippen molar-refractivity contribution in [3.63, 3.8) is 0 Å². The van der Waals surface area contributed by atoms with Crippen molar-refractivity contribution in [1.29, 1.82) is 0 Å². The van der Waals surface area contributed by atoms with Gasteiger partial charge in [-0.2, -0.15) is 0 Å². The summed E-state index contributed by atoms with van der Waals surface area (Å²) in [6.07, 6.45) is 3.50. The molecular formula is C14H19N2Rh. The molecule has 0 atom stereocenters. The quantitative estimate of drug-likeness (QED) is 0.595. The SMILES string of the molecule is C[CH2][Rh].Cc1ccc(N)cc1.c1ccncc1. The van der Waals surface area contributed by atoms with E-state index in [0.717, 1.165) is 10.7 Å². The molecule has 2 aromatic rings. The van der Waals surface area contributed by atoms with E-state index in [1.807, 2.05) is 49.4 Å². The Morgan fingerprint density at radius 1 is 1.06 bits per heavy atom. The number of pyridine rings is 1. The van der Waals surface area contributed by atoms with Crippen LogP contribution in [0.3, 0.4) is 0 Å². The first kappa shape index (κ1) is 15.8. The molecule has 0 saturated carbocycles. The van der Waals surface area contributed by atoms with Crippen molar-refractivity contribution in [2.45, 2.75) is 18.9 Å². The second-order valence-corrected chi connectivity index (χ2v) is 4.33. The zero-order valence-electron chi connectivity index (χ0n) is 10.3. The summed E-state index contributed by atoms with van der Waals surface area (Å²) >= 11 is 2.72. The number of hydrogen-bond donors (Lipinski definition) is 1. The smallest absolute Gasteiger partial charge is 0.0314 e. The van der Waals surface area contributed by atoms with Crippen LogP contribution < -0.4 is 5.73 Å².